The quantitative estimate of drug-likeness (QED) is 0.343. The highest BCUT2D eigenvalue weighted by Gasteiger charge is 2.48. The molecule has 2 fully saturated rings. The van der Waals surface area contributed by atoms with E-state index in [0.717, 1.165) is 59.0 Å². The Bertz CT molecular complexity index is 1590. The molecule has 3 heterocycles. The predicted molar refractivity (Wildman–Crippen MR) is 143 cm³/mol. The maximum atomic E-state index is 12.5. The molecule has 1 amide bonds. The summed E-state index contributed by atoms with van der Waals surface area (Å²) in [5, 5.41) is 1.03. The van der Waals surface area contributed by atoms with E-state index in [4.69, 9.17) is 14.9 Å². The maximum Gasteiger partial charge on any atom is 0.263 e. The van der Waals surface area contributed by atoms with Crippen molar-refractivity contribution in [1.29, 1.82) is 0 Å². The van der Waals surface area contributed by atoms with Gasteiger partial charge in [-0.3, -0.25) is 19.5 Å². The second-order valence-electron chi connectivity index (χ2n) is 10.5. The van der Waals surface area contributed by atoms with Gasteiger partial charge in [-0.25, -0.2) is 4.98 Å². The van der Waals surface area contributed by atoms with Gasteiger partial charge in [0.15, 0.2) is 5.76 Å². The Kier molecular flexibility index (Phi) is 5.79. The molecule has 38 heavy (non-hydrogen) atoms. The number of carbonyl (C=O) groups is 2. The summed E-state index contributed by atoms with van der Waals surface area (Å²) in [6.07, 6.45) is 6.25. The number of nitrogens with two attached hydrogens (primary N) is 1. The van der Waals surface area contributed by atoms with E-state index in [2.05, 4.69) is 40.1 Å². The summed E-state index contributed by atoms with van der Waals surface area (Å²) < 4.78 is 12.0. The van der Waals surface area contributed by atoms with Gasteiger partial charge in [-0.1, -0.05) is 6.07 Å². The summed E-state index contributed by atoms with van der Waals surface area (Å²) >= 11 is 0. The van der Waals surface area contributed by atoms with Crippen molar-refractivity contribution in [3.8, 4) is 17.1 Å². The second kappa shape index (κ2) is 9.06. The van der Waals surface area contributed by atoms with Crippen molar-refractivity contribution in [2.24, 2.45) is 5.73 Å². The lowest BCUT2D eigenvalue weighted by Crippen LogP contribution is -2.48. The molecule has 1 unspecified atom stereocenters. The van der Waals surface area contributed by atoms with Crippen LogP contribution in [0.4, 0.5) is 0 Å². The van der Waals surface area contributed by atoms with Crippen LogP contribution in [0.2, 0.25) is 0 Å². The average Bonchev–Trinajstić information content (AvgIpc) is 3.54. The average molecular weight is 511 g/mol. The molecule has 1 aliphatic heterocycles. The highest BCUT2D eigenvalue weighted by Crippen LogP contribution is 2.57. The first-order valence-electron chi connectivity index (χ1n) is 12.9. The van der Waals surface area contributed by atoms with E-state index in [9.17, 15) is 9.59 Å². The Hall–Kier alpha value is -4.04. The van der Waals surface area contributed by atoms with Crippen molar-refractivity contribution in [2.75, 3.05) is 20.2 Å². The van der Waals surface area contributed by atoms with Crippen LogP contribution in [0.3, 0.4) is 0 Å². The minimum absolute atomic E-state index is 0.0766. The normalized spacial score (nSPS) is 18.2. The molecule has 2 aromatic heterocycles. The first-order chi connectivity index (χ1) is 18.3. The fourth-order valence-electron chi connectivity index (χ4n) is 5.60. The van der Waals surface area contributed by atoms with E-state index >= 15 is 0 Å². The molecule has 4 aromatic rings. The van der Waals surface area contributed by atoms with Crippen LogP contribution in [-0.2, 0) is 5.41 Å². The number of primary amides is 1. The molecular formula is C30H30N4O4. The van der Waals surface area contributed by atoms with Gasteiger partial charge in [0.05, 0.1) is 11.7 Å². The van der Waals surface area contributed by atoms with Crippen molar-refractivity contribution in [1.82, 2.24) is 14.9 Å². The lowest BCUT2D eigenvalue weighted by Gasteiger charge is -2.37. The lowest BCUT2D eigenvalue weighted by molar-refractivity contribution is 0.0767. The van der Waals surface area contributed by atoms with E-state index in [-0.39, 0.29) is 17.1 Å². The van der Waals surface area contributed by atoms with Crippen LogP contribution < -0.4 is 10.5 Å². The van der Waals surface area contributed by atoms with E-state index in [0.29, 0.717) is 29.7 Å². The number of benzene rings is 2. The number of likely N-dealkylation sites (N-methyl/N-ethyl adjacent to an activating group) is 1. The number of carbonyl (C=O) groups excluding carboxylic acids is 2. The highest BCUT2D eigenvalue weighted by molar-refractivity contribution is 5.96. The number of hydrogen-bond acceptors (Lipinski definition) is 7. The zero-order valence-electron chi connectivity index (χ0n) is 21.8. The zero-order valence-corrected chi connectivity index (χ0v) is 21.8. The molecule has 6 rings (SSSR count). The molecule has 194 valence electrons. The standard InChI is InChI=1S/C30H30N4O4/c1-17-23(28(31)36)13-21(37-16-20-6-10-34(20)3)14-24(17)30(7-8-30)25-11-19(12-26-22(25)5-4-9-32-26)27-15-33-29(38-27)18(2)35/h4-5,9,11-15,20H,6-8,10,16H2,1-3H3,(H2,31,36). The van der Waals surface area contributed by atoms with E-state index in [1.54, 1.807) is 18.5 Å². The molecule has 8 heteroatoms. The molecule has 1 aliphatic carbocycles. The Morgan fingerprint density at radius 2 is 2.00 bits per heavy atom. The van der Waals surface area contributed by atoms with E-state index in [1.807, 2.05) is 19.1 Å². The summed E-state index contributed by atoms with van der Waals surface area (Å²) in [5.41, 5.74) is 10.6. The van der Waals surface area contributed by atoms with Crippen LogP contribution in [0.5, 0.6) is 5.75 Å². The molecule has 2 N–H and O–H groups in total. The number of pyridine rings is 1. The molecule has 0 spiro atoms. The maximum absolute atomic E-state index is 12.5. The Labute approximate surface area is 220 Å². The van der Waals surface area contributed by atoms with Gasteiger partial charge in [0, 0.05) is 41.1 Å². The summed E-state index contributed by atoms with van der Waals surface area (Å²) in [4.78, 5) is 35.3. The molecule has 8 nitrogen and oxygen atoms in total. The Balaban J connectivity index is 1.48. The van der Waals surface area contributed by atoms with Crippen molar-refractivity contribution in [2.45, 2.75) is 44.6 Å². The number of nitrogens with zero attached hydrogens (tertiary/aromatic N) is 3. The summed E-state index contributed by atoms with van der Waals surface area (Å²) in [6, 6.07) is 12.3. The predicted octanol–water partition coefficient (Wildman–Crippen LogP) is 4.66. The molecule has 1 saturated heterocycles. The Morgan fingerprint density at radius 1 is 1.18 bits per heavy atom. The van der Waals surface area contributed by atoms with Crippen molar-refractivity contribution < 1.29 is 18.7 Å². The van der Waals surface area contributed by atoms with Crippen LogP contribution in [0.1, 0.15) is 63.9 Å². The fraction of sp³-hybridized carbons (Fsp3) is 0.333. The molecule has 2 aromatic carbocycles. The summed E-state index contributed by atoms with van der Waals surface area (Å²) in [6.45, 7) is 5.02. The number of aromatic nitrogens is 2. The first kappa shape index (κ1) is 24.3. The molecular weight excluding hydrogens is 480 g/mol. The van der Waals surface area contributed by atoms with Gasteiger partial charge in [-0.2, -0.15) is 0 Å². The van der Waals surface area contributed by atoms with Gasteiger partial charge in [0.25, 0.3) is 5.89 Å². The molecule has 1 atom stereocenters. The lowest BCUT2D eigenvalue weighted by atomic mass is 9.81. The minimum Gasteiger partial charge on any atom is -0.492 e. The number of hydrogen-bond donors (Lipinski definition) is 1. The van der Waals surface area contributed by atoms with Crippen LogP contribution in [0.25, 0.3) is 22.2 Å². The van der Waals surface area contributed by atoms with E-state index < -0.39 is 5.91 Å². The highest BCUT2D eigenvalue weighted by atomic mass is 16.5. The number of amides is 1. The molecule has 0 radical (unpaired) electrons. The van der Waals surface area contributed by atoms with Gasteiger partial charge in [0.1, 0.15) is 12.4 Å². The molecule has 0 bridgehead atoms. The Morgan fingerprint density at radius 3 is 2.63 bits per heavy atom. The monoisotopic (exact) mass is 510 g/mol. The van der Waals surface area contributed by atoms with E-state index in [1.165, 1.54) is 6.92 Å². The molecule has 2 aliphatic rings. The number of fused-ring (bicyclic) bond motifs is 1. The van der Waals surface area contributed by atoms with Gasteiger partial charge in [-0.15, -0.1) is 0 Å². The fourth-order valence-corrected chi connectivity index (χ4v) is 5.60. The van der Waals surface area contributed by atoms with Gasteiger partial charge < -0.3 is 14.9 Å². The number of ketones is 1. The van der Waals surface area contributed by atoms with Crippen LogP contribution in [0, 0.1) is 6.92 Å². The largest absolute Gasteiger partial charge is 0.492 e. The van der Waals surface area contributed by atoms with Gasteiger partial charge in [0.2, 0.25) is 11.7 Å². The third-order valence-corrected chi connectivity index (χ3v) is 8.12. The summed E-state index contributed by atoms with van der Waals surface area (Å²) in [5.74, 6) is 0.549. The third-order valence-electron chi connectivity index (χ3n) is 8.12. The number of likely N-dealkylation sites (tertiary alicyclic amines) is 1. The van der Waals surface area contributed by atoms with Crippen molar-refractivity contribution >= 4 is 22.6 Å². The smallest absolute Gasteiger partial charge is 0.263 e. The van der Waals surface area contributed by atoms with Crippen molar-refractivity contribution in [3.63, 3.8) is 0 Å². The SMILES string of the molecule is CC(=O)c1ncc(-c2cc(C3(c4cc(OCC5CCN5C)cc(C(N)=O)c4C)CC3)c3cccnc3c2)o1. The van der Waals surface area contributed by atoms with Crippen molar-refractivity contribution in [3.05, 3.63) is 76.9 Å². The first-order valence-corrected chi connectivity index (χ1v) is 12.9. The zero-order chi connectivity index (χ0) is 26.6. The third kappa shape index (κ3) is 4.05. The number of ether oxygens (including phenoxy) is 1. The van der Waals surface area contributed by atoms with Gasteiger partial charge >= 0.3 is 0 Å². The topological polar surface area (TPSA) is 112 Å². The van der Waals surface area contributed by atoms with Crippen LogP contribution in [-0.4, -0.2) is 52.8 Å². The number of Topliss-reactive ketones (excluding diaryl/α,β-unsaturated/α-hetero) is 1. The van der Waals surface area contributed by atoms with Crippen LogP contribution in [0.15, 0.2) is 53.2 Å². The number of rotatable bonds is 8. The number of oxazole rings is 1. The minimum atomic E-state index is -0.468. The van der Waals surface area contributed by atoms with Crippen LogP contribution >= 0.6 is 0 Å². The second-order valence-corrected chi connectivity index (χ2v) is 10.5. The summed E-state index contributed by atoms with van der Waals surface area (Å²) in [7, 11) is 2.09. The molecule has 1 saturated carbocycles. The van der Waals surface area contributed by atoms with Gasteiger partial charge in [-0.05, 0) is 86.8 Å².